The first-order valence-electron chi connectivity index (χ1n) is 6.58. The molecule has 1 saturated carbocycles. The number of aryl methyl sites for hydroxylation is 1. The number of hydrogen-bond donors (Lipinski definition) is 3. The second-order valence-corrected chi connectivity index (χ2v) is 5.19. The zero-order chi connectivity index (χ0) is 14.7. The van der Waals surface area contributed by atoms with Crippen molar-refractivity contribution >= 4 is 12.0 Å². The number of carbonyl (C=O) groups excluding carboxylic acids is 1. The Bertz CT molecular complexity index is 501. The van der Waals surface area contributed by atoms with E-state index in [1.807, 2.05) is 0 Å². The summed E-state index contributed by atoms with van der Waals surface area (Å²) in [5.41, 5.74) is 0. The van der Waals surface area contributed by atoms with Gasteiger partial charge in [-0.1, -0.05) is 0 Å². The van der Waals surface area contributed by atoms with Gasteiger partial charge in [0.2, 0.25) is 0 Å². The third-order valence-electron chi connectivity index (χ3n) is 3.48. The number of aromatic amines is 1. The van der Waals surface area contributed by atoms with Crippen molar-refractivity contribution < 1.29 is 14.7 Å². The molecule has 3 N–H and O–H groups in total. The van der Waals surface area contributed by atoms with Crippen molar-refractivity contribution in [3.63, 3.8) is 0 Å². The summed E-state index contributed by atoms with van der Waals surface area (Å²) >= 11 is 0. The van der Waals surface area contributed by atoms with Gasteiger partial charge in [0.15, 0.2) is 5.82 Å². The van der Waals surface area contributed by atoms with Gasteiger partial charge >= 0.3 is 12.0 Å². The number of nitrogens with one attached hydrogen (secondary N) is 2. The molecule has 20 heavy (non-hydrogen) atoms. The highest BCUT2D eigenvalue weighted by Crippen LogP contribution is 2.25. The normalized spacial score (nSPS) is 21.7. The average molecular weight is 281 g/mol. The molecule has 0 bridgehead atoms. The van der Waals surface area contributed by atoms with Crippen LogP contribution in [0.2, 0.25) is 0 Å². The highest BCUT2D eigenvalue weighted by molar-refractivity contribution is 5.75. The average Bonchev–Trinajstić information content (AvgIpc) is 2.98. The summed E-state index contributed by atoms with van der Waals surface area (Å²) < 4.78 is 0. The molecule has 110 valence electrons. The number of aromatic nitrogens is 3. The minimum atomic E-state index is -0.786. The van der Waals surface area contributed by atoms with E-state index in [1.54, 1.807) is 14.0 Å². The van der Waals surface area contributed by atoms with Crippen LogP contribution in [-0.4, -0.2) is 50.3 Å². The molecule has 1 aliphatic carbocycles. The van der Waals surface area contributed by atoms with Gasteiger partial charge in [-0.3, -0.25) is 9.89 Å². The number of amides is 2. The van der Waals surface area contributed by atoms with Gasteiger partial charge in [0.1, 0.15) is 5.82 Å². The number of carbonyl (C=O) groups is 2. The lowest BCUT2D eigenvalue weighted by molar-refractivity contribution is -0.141. The van der Waals surface area contributed by atoms with Crippen molar-refractivity contribution in [2.45, 2.75) is 38.8 Å². The number of hydrogen-bond acceptors (Lipinski definition) is 4. The molecule has 1 heterocycles. The van der Waals surface area contributed by atoms with E-state index in [0.717, 1.165) is 0 Å². The smallest absolute Gasteiger partial charge is 0.317 e. The van der Waals surface area contributed by atoms with E-state index in [1.165, 1.54) is 4.90 Å². The summed E-state index contributed by atoms with van der Waals surface area (Å²) in [5, 5.41) is 18.5. The van der Waals surface area contributed by atoms with Crippen molar-refractivity contribution in [2.24, 2.45) is 5.92 Å². The number of nitrogens with zero attached hydrogens (tertiary/aromatic N) is 3. The van der Waals surface area contributed by atoms with E-state index >= 15 is 0 Å². The molecular formula is C12H19N5O3. The summed E-state index contributed by atoms with van der Waals surface area (Å²) in [6.45, 7) is 2.10. The lowest BCUT2D eigenvalue weighted by atomic mass is 10.1. The van der Waals surface area contributed by atoms with Gasteiger partial charge in [0, 0.05) is 13.1 Å². The second kappa shape index (κ2) is 5.89. The Morgan fingerprint density at radius 1 is 1.50 bits per heavy atom. The number of urea groups is 1. The molecular weight excluding hydrogens is 262 g/mol. The van der Waals surface area contributed by atoms with Crippen LogP contribution < -0.4 is 5.32 Å². The lowest BCUT2D eigenvalue weighted by Crippen LogP contribution is -2.42. The molecule has 8 heteroatoms. The minimum absolute atomic E-state index is 0.0695. The molecule has 2 amide bonds. The molecule has 1 aliphatic rings. The molecule has 0 spiro atoms. The third-order valence-corrected chi connectivity index (χ3v) is 3.48. The van der Waals surface area contributed by atoms with Gasteiger partial charge in [0.05, 0.1) is 12.5 Å². The lowest BCUT2D eigenvalue weighted by Gasteiger charge is -2.19. The Morgan fingerprint density at radius 3 is 2.80 bits per heavy atom. The topological polar surface area (TPSA) is 111 Å². The van der Waals surface area contributed by atoms with E-state index < -0.39 is 5.97 Å². The first-order chi connectivity index (χ1) is 9.45. The summed E-state index contributed by atoms with van der Waals surface area (Å²) in [7, 11) is 1.66. The number of H-pyrrole nitrogens is 1. The fraction of sp³-hybridized carbons (Fsp3) is 0.667. The third kappa shape index (κ3) is 3.46. The number of aliphatic carboxylic acids is 1. The molecule has 2 unspecified atom stereocenters. The molecule has 0 saturated heterocycles. The van der Waals surface area contributed by atoms with Crippen LogP contribution in [0.4, 0.5) is 4.79 Å². The van der Waals surface area contributed by atoms with E-state index in [9.17, 15) is 9.59 Å². The highest BCUT2D eigenvalue weighted by atomic mass is 16.4. The van der Waals surface area contributed by atoms with Crippen LogP contribution in [0, 0.1) is 12.8 Å². The van der Waals surface area contributed by atoms with E-state index in [-0.39, 0.29) is 18.0 Å². The Hall–Kier alpha value is -2.12. The maximum Gasteiger partial charge on any atom is 0.317 e. The van der Waals surface area contributed by atoms with Crippen LogP contribution in [0.15, 0.2) is 0 Å². The van der Waals surface area contributed by atoms with Crippen LogP contribution >= 0.6 is 0 Å². The van der Waals surface area contributed by atoms with Crippen LogP contribution in [0.1, 0.15) is 30.9 Å². The van der Waals surface area contributed by atoms with Crippen molar-refractivity contribution in [2.75, 3.05) is 7.05 Å². The molecule has 1 aromatic heterocycles. The van der Waals surface area contributed by atoms with Gasteiger partial charge in [-0.2, -0.15) is 5.10 Å². The zero-order valence-corrected chi connectivity index (χ0v) is 11.6. The molecule has 1 aromatic rings. The number of carboxylic acid groups (broad SMARTS) is 1. The van der Waals surface area contributed by atoms with Gasteiger partial charge in [-0.15, -0.1) is 0 Å². The van der Waals surface area contributed by atoms with Crippen molar-refractivity contribution in [3.05, 3.63) is 11.6 Å². The molecule has 2 atom stereocenters. The quantitative estimate of drug-likeness (QED) is 0.744. The summed E-state index contributed by atoms with van der Waals surface area (Å²) in [5.74, 6) is 0.122. The molecule has 0 aliphatic heterocycles. The van der Waals surface area contributed by atoms with Gasteiger partial charge < -0.3 is 15.3 Å². The fourth-order valence-electron chi connectivity index (χ4n) is 2.37. The Morgan fingerprint density at radius 2 is 2.25 bits per heavy atom. The van der Waals surface area contributed by atoms with Crippen LogP contribution in [0.25, 0.3) is 0 Å². The standard InChI is InChI=1S/C12H19N5O3/c1-7-13-10(16-15-7)6-17(2)12(20)14-9-4-3-8(5-9)11(18)19/h8-9H,3-6H2,1-2H3,(H,14,20)(H,18,19)(H,13,15,16). The minimum Gasteiger partial charge on any atom is -0.481 e. The largest absolute Gasteiger partial charge is 0.481 e. The van der Waals surface area contributed by atoms with Crippen molar-refractivity contribution in [3.8, 4) is 0 Å². The number of carboxylic acids is 1. The monoisotopic (exact) mass is 281 g/mol. The maximum absolute atomic E-state index is 12.0. The van der Waals surface area contributed by atoms with Crippen molar-refractivity contribution in [1.82, 2.24) is 25.4 Å². The van der Waals surface area contributed by atoms with Crippen LogP contribution in [0.5, 0.6) is 0 Å². The van der Waals surface area contributed by atoms with E-state index in [2.05, 4.69) is 20.5 Å². The van der Waals surface area contributed by atoms with Gasteiger partial charge in [-0.25, -0.2) is 9.78 Å². The Labute approximate surface area is 116 Å². The summed E-state index contributed by atoms with van der Waals surface area (Å²) in [4.78, 5) is 28.5. The molecule has 0 radical (unpaired) electrons. The van der Waals surface area contributed by atoms with Crippen LogP contribution in [0.3, 0.4) is 0 Å². The van der Waals surface area contributed by atoms with Gasteiger partial charge in [-0.05, 0) is 26.2 Å². The molecule has 1 fully saturated rings. The van der Waals surface area contributed by atoms with Crippen LogP contribution in [-0.2, 0) is 11.3 Å². The highest BCUT2D eigenvalue weighted by Gasteiger charge is 2.31. The Kier molecular flexibility index (Phi) is 4.21. The summed E-state index contributed by atoms with van der Waals surface area (Å²) in [6, 6.07) is -0.302. The Balaban J connectivity index is 1.81. The van der Waals surface area contributed by atoms with E-state index in [4.69, 9.17) is 5.11 Å². The molecule has 8 nitrogen and oxygen atoms in total. The zero-order valence-electron chi connectivity index (χ0n) is 11.6. The van der Waals surface area contributed by atoms with Crippen molar-refractivity contribution in [1.29, 1.82) is 0 Å². The second-order valence-electron chi connectivity index (χ2n) is 5.19. The van der Waals surface area contributed by atoms with E-state index in [0.29, 0.717) is 37.5 Å². The maximum atomic E-state index is 12.0. The summed E-state index contributed by atoms with van der Waals surface area (Å²) in [6.07, 6.45) is 1.81. The number of rotatable bonds is 4. The first kappa shape index (κ1) is 14.3. The molecule has 2 rings (SSSR count). The predicted octanol–water partition coefficient (Wildman–Crippen LogP) is 0.508. The SMILES string of the molecule is Cc1nc(CN(C)C(=O)NC2CCC(C(=O)O)C2)n[nH]1. The van der Waals surface area contributed by atoms with Gasteiger partial charge in [0.25, 0.3) is 0 Å². The predicted molar refractivity (Wildman–Crippen MR) is 69.9 cm³/mol. The first-order valence-corrected chi connectivity index (χ1v) is 6.58. The molecule has 0 aromatic carbocycles. The fourth-order valence-corrected chi connectivity index (χ4v) is 2.37.